The van der Waals surface area contributed by atoms with Crippen molar-refractivity contribution >= 4 is 16.9 Å². The van der Waals surface area contributed by atoms with Crippen molar-refractivity contribution in [2.24, 2.45) is 0 Å². The molecule has 100 valence electrons. The van der Waals surface area contributed by atoms with Gasteiger partial charge in [-0.2, -0.15) is 0 Å². The number of aryl methyl sites for hydroxylation is 2. The van der Waals surface area contributed by atoms with Crippen LogP contribution in [0.4, 0.5) is 0 Å². The van der Waals surface area contributed by atoms with E-state index in [2.05, 4.69) is 18.1 Å². The van der Waals surface area contributed by atoms with E-state index in [1.54, 1.807) is 12.1 Å². The van der Waals surface area contributed by atoms with E-state index in [1.807, 2.05) is 19.9 Å². The molecular weight excluding hydrogens is 238 g/mol. The fourth-order valence-corrected chi connectivity index (χ4v) is 2.37. The summed E-state index contributed by atoms with van der Waals surface area (Å²) < 4.78 is 2.24. The van der Waals surface area contributed by atoms with Crippen molar-refractivity contribution in [2.75, 3.05) is 0 Å². The minimum absolute atomic E-state index is 0.340. The highest BCUT2D eigenvalue weighted by Gasteiger charge is 2.13. The molecule has 0 unspecified atom stereocenters. The molecule has 2 aromatic rings. The van der Waals surface area contributed by atoms with Crippen LogP contribution in [0.3, 0.4) is 0 Å². The summed E-state index contributed by atoms with van der Waals surface area (Å²) in [6, 6.07) is 5.33. The van der Waals surface area contributed by atoms with Gasteiger partial charge in [0.25, 0.3) is 0 Å². The highest BCUT2D eigenvalue weighted by Crippen LogP contribution is 2.27. The van der Waals surface area contributed by atoms with Crippen molar-refractivity contribution in [3.05, 3.63) is 47.2 Å². The minimum Gasteiger partial charge on any atom is -0.478 e. The number of benzene rings is 1. The molecule has 0 bridgehead atoms. The Bertz CT molecular complexity index is 665. The molecule has 1 heterocycles. The molecule has 0 aliphatic rings. The average Bonchev–Trinajstić information content (AvgIpc) is 2.59. The summed E-state index contributed by atoms with van der Waals surface area (Å²) in [5, 5.41) is 10.1. The molecule has 19 heavy (non-hydrogen) atoms. The van der Waals surface area contributed by atoms with Crippen LogP contribution in [0.25, 0.3) is 10.9 Å². The van der Waals surface area contributed by atoms with Crippen molar-refractivity contribution in [3.8, 4) is 0 Å². The third-order valence-corrected chi connectivity index (χ3v) is 3.65. The number of aromatic nitrogens is 1. The number of hydrogen-bond donors (Lipinski definition) is 1. The molecule has 0 fully saturated rings. The number of fused-ring (bicyclic) bond motifs is 1. The van der Waals surface area contributed by atoms with Crippen molar-refractivity contribution in [1.82, 2.24) is 4.57 Å². The maximum Gasteiger partial charge on any atom is 0.335 e. The molecule has 0 amide bonds. The average molecular weight is 257 g/mol. The predicted molar refractivity (Wildman–Crippen MR) is 77.8 cm³/mol. The lowest BCUT2D eigenvalue weighted by Gasteiger charge is -2.08. The number of carboxylic acids is 1. The van der Waals surface area contributed by atoms with Gasteiger partial charge in [0.05, 0.1) is 5.56 Å². The Labute approximate surface area is 113 Å². The van der Waals surface area contributed by atoms with E-state index in [0.29, 0.717) is 5.56 Å². The second kappa shape index (κ2) is 4.92. The molecule has 0 radical (unpaired) electrons. The number of hydrogen-bond acceptors (Lipinski definition) is 1. The Morgan fingerprint density at radius 3 is 2.63 bits per heavy atom. The summed E-state index contributed by atoms with van der Waals surface area (Å²) in [5.74, 6) is -0.881. The first-order valence-corrected chi connectivity index (χ1v) is 6.39. The predicted octanol–water partition coefficient (Wildman–Crippen LogP) is 3.92. The summed E-state index contributed by atoms with van der Waals surface area (Å²) >= 11 is 0. The van der Waals surface area contributed by atoms with E-state index < -0.39 is 5.97 Å². The highest BCUT2D eigenvalue weighted by molar-refractivity contribution is 5.95. The number of allylic oxidation sites excluding steroid dienone is 1. The molecule has 3 heteroatoms. The van der Waals surface area contributed by atoms with Crippen LogP contribution in [-0.2, 0) is 6.54 Å². The van der Waals surface area contributed by atoms with Crippen molar-refractivity contribution < 1.29 is 9.90 Å². The quantitative estimate of drug-likeness (QED) is 0.843. The molecule has 0 aliphatic heterocycles. The first-order chi connectivity index (χ1) is 8.91. The fourth-order valence-electron chi connectivity index (χ4n) is 2.37. The summed E-state index contributed by atoms with van der Waals surface area (Å²) in [4.78, 5) is 11.0. The third kappa shape index (κ3) is 2.41. The number of aromatic carboxylic acids is 1. The van der Waals surface area contributed by atoms with Crippen LogP contribution in [0.1, 0.15) is 35.0 Å². The summed E-state index contributed by atoms with van der Waals surface area (Å²) in [7, 11) is 0. The maximum absolute atomic E-state index is 11.0. The molecule has 0 saturated heterocycles. The molecule has 0 atom stereocenters. The van der Waals surface area contributed by atoms with Gasteiger partial charge in [-0.15, -0.1) is 6.58 Å². The van der Waals surface area contributed by atoms with Crippen LogP contribution >= 0.6 is 0 Å². The van der Waals surface area contributed by atoms with E-state index in [1.165, 1.54) is 5.69 Å². The van der Waals surface area contributed by atoms with Gasteiger partial charge in [0.1, 0.15) is 0 Å². The van der Waals surface area contributed by atoms with Crippen LogP contribution in [0.15, 0.2) is 30.4 Å². The molecule has 0 spiro atoms. The highest BCUT2D eigenvalue weighted by atomic mass is 16.4. The molecule has 3 nitrogen and oxygen atoms in total. The normalized spacial score (nSPS) is 10.9. The van der Waals surface area contributed by atoms with Crippen LogP contribution in [-0.4, -0.2) is 15.6 Å². The molecule has 2 rings (SSSR count). The monoisotopic (exact) mass is 257 g/mol. The fraction of sp³-hybridized carbons (Fsp3) is 0.312. The second-order valence-electron chi connectivity index (χ2n) is 5.11. The number of carboxylic acid groups (broad SMARTS) is 1. The zero-order valence-electron chi connectivity index (χ0n) is 11.7. The standard InChI is InChI=1S/C16H19NO2/c1-10(2)7-8-17-12(4)11(3)14-9-13(16(18)19)5-6-15(14)17/h5-6,9H,1,7-8H2,2-4H3,(H,18,19). The van der Waals surface area contributed by atoms with Gasteiger partial charge in [-0.05, 0) is 51.0 Å². The molecule has 0 saturated carbocycles. The van der Waals surface area contributed by atoms with Gasteiger partial charge < -0.3 is 9.67 Å². The Morgan fingerprint density at radius 1 is 1.37 bits per heavy atom. The maximum atomic E-state index is 11.0. The van der Waals surface area contributed by atoms with Gasteiger partial charge in [0.15, 0.2) is 0 Å². The summed E-state index contributed by atoms with van der Waals surface area (Å²) in [6.07, 6.45) is 0.935. The van der Waals surface area contributed by atoms with Crippen LogP contribution in [0.2, 0.25) is 0 Å². The Balaban J connectivity index is 2.56. The third-order valence-electron chi connectivity index (χ3n) is 3.65. The lowest BCUT2D eigenvalue weighted by molar-refractivity contribution is 0.0697. The van der Waals surface area contributed by atoms with Gasteiger partial charge >= 0.3 is 5.97 Å². The molecule has 1 aromatic carbocycles. The van der Waals surface area contributed by atoms with Gasteiger partial charge in [0.2, 0.25) is 0 Å². The number of rotatable bonds is 4. The van der Waals surface area contributed by atoms with Gasteiger partial charge in [-0.3, -0.25) is 0 Å². The number of carbonyl (C=O) groups is 1. The van der Waals surface area contributed by atoms with E-state index in [4.69, 9.17) is 5.11 Å². The Kier molecular flexibility index (Phi) is 3.47. The molecule has 1 aromatic heterocycles. The lowest BCUT2D eigenvalue weighted by atomic mass is 10.1. The van der Waals surface area contributed by atoms with E-state index in [9.17, 15) is 4.79 Å². The largest absolute Gasteiger partial charge is 0.478 e. The number of nitrogens with zero attached hydrogens (tertiary/aromatic N) is 1. The van der Waals surface area contributed by atoms with Crippen molar-refractivity contribution in [2.45, 2.75) is 33.7 Å². The van der Waals surface area contributed by atoms with E-state index in [-0.39, 0.29) is 0 Å². The summed E-state index contributed by atoms with van der Waals surface area (Å²) in [5.41, 5.74) is 4.94. The first-order valence-electron chi connectivity index (χ1n) is 6.39. The molecule has 1 N–H and O–H groups in total. The zero-order chi connectivity index (χ0) is 14.2. The lowest BCUT2D eigenvalue weighted by Crippen LogP contribution is -2.01. The Morgan fingerprint density at radius 2 is 2.05 bits per heavy atom. The summed E-state index contributed by atoms with van der Waals surface area (Å²) in [6.45, 7) is 11.0. The van der Waals surface area contributed by atoms with Gasteiger partial charge in [-0.25, -0.2) is 4.79 Å². The van der Waals surface area contributed by atoms with Crippen molar-refractivity contribution in [1.29, 1.82) is 0 Å². The van der Waals surface area contributed by atoms with E-state index in [0.717, 1.165) is 35.0 Å². The minimum atomic E-state index is -0.881. The second-order valence-corrected chi connectivity index (χ2v) is 5.11. The smallest absolute Gasteiger partial charge is 0.335 e. The van der Waals surface area contributed by atoms with Crippen molar-refractivity contribution in [3.63, 3.8) is 0 Å². The SMILES string of the molecule is C=C(C)CCn1c(C)c(C)c2cc(C(=O)O)ccc21. The van der Waals surface area contributed by atoms with Gasteiger partial charge in [-0.1, -0.05) is 5.57 Å². The Hall–Kier alpha value is -2.03. The molecular formula is C16H19NO2. The van der Waals surface area contributed by atoms with Crippen LogP contribution < -0.4 is 0 Å². The molecule has 0 aliphatic carbocycles. The first kappa shape index (κ1) is 13.4. The van der Waals surface area contributed by atoms with Crippen LogP contribution in [0, 0.1) is 13.8 Å². The zero-order valence-corrected chi connectivity index (χ0v) is 11.7. The van der Waals surface area contributed by atoms with E-state index >= 15 is 0 Å². The topological polar surface area (TPSA) is 42.2 Å². The van der Waals surface area contributed by atoms with Gasteiger partial charge in [0, 0.05) is 23.1 Å². The van der Waals surface area contributed by atoms with Crippen LogP contribution in [0.5, 0.6) is 0 Å².